The number of carbonyl (C=O) groups is 2. The summed E-state index contributed by atoms with van der Waals surface area (Å²) in [4.78, 5) is 26.3. The zero-order valence-electron chi connectivity index (χ0n) is 19.4. The fourth-order valence-corrected chi connectivity index (χ4v) is 4.65. The summed E-state index contributed by atoms with van der Waals surface area (Å²) in [6.45, 7) is 1.89. The number of ketones is 1. The normalized spacial score (nSPS) is 21.6. The third-order valence-corrected chi connectivity index (χ3v) is 6.27. The van der Waals surface area contributed by atoms with Crippen LogP contribution in [0.3, 0.4) is 0 Å². The van der Waals surface area contributed by atoms with Crippen molar-refractivity contribution in [1.29, 1.82) is 0 Å². The maximum atomic E-state index is 13.8. The lowest BCUT2D eigenvalue weighted by Gasteiger charge is -2.33. The molecule has 0 bridgehead atoms. The van der Waals surface area contributed by atoms with E-state index in [1.54, 1.807) is 33.5 Å². The minimum Gasteiger partial charge on any atom is -0.496 e. The molecule has 2 aromatic carbocycles. The molecule has 0 saturated carbocycles. The monoisotopic (exact) mass is 452 g/mol. The van der Waals surface area contributed by atoms with Crippen LogP contribution in [0.4, 0.5) is 11.4 Å². The molecule has 2 aliphatic rings. The summed E-state index contributed by atoms with van der Waals surface area (Å²) in [6.07, 6.45) is 0.517. The SMILES string of the molecule is COC(=O)[C@@H]1C(=O)C2=C(C[C@@H]1C)Nc1ccccc1N[C@@H]2c1cc(OC)c(OC)cc1OC. The van der Waals surface area contributed by atoms with E-state index in [0.29, 0.717) is 34.8 Å². The number of para-hydroxylation sites is 2. The van der Waals surface area contributed by atoms with E-state index in [1.807, 2.05) is 31.2 Å². The van der Waals surface area contributed by atoms with Gasteiger partial charge in [-0.3, -0.25) is 9.59 Å². The molecule has 0 spiro atoms. The highest BCUT2D eigenvalue weighted by molar-refractivity contribution is 6.11. The molecule has 8 nitrogen and oxygen atoms in total. The van der Waals surface area contributed by atoms with E-state index < -0.39 is 17.9 Å². The van der Waals surface area contributed by atoms with Gasteiger partial charge in [0.25, 0.3) is 0 Å². The second-order valence-corrected chi connectivity index (χ2v) is 8.14. The number of anilines is 2. The van der Waals surface area contributed by atoms with Crippen molar-refractivity contribution in [3.63, 3.8) is 0 Å². The van der Waals surface area contributed by atoms with E-state index in [1.165, 1.54) is 7.11 Å². The van der Waals surface area contributed by atoms with Gasteiger partial charge in [0.05, 0.1) is 45.9 Å². The Balaban J connectivity index is 1.94. The van der Waals surface area contributed by atoms with Crippen LogP contribution in [0.15, 0.2) is 47.7 Å². The standard InChI is InChI=1S/C25H28N2O6/c1-13-10-17-22(24(28)21(13)25(29)33-5)23(27-16-9-7-6-8-15(16)26-17)14-11-19(31-3)20(32-4)12-18(14)30-2/h6-9,11-13,21,23,26-27H,10H2,1-5H3/t13-,21-,23+/m0/s1. The summed E-state index contributed by atoms with van der Waals surface area (Å²) in [5.41, 5.74) is 3.61. The molecule has 0 radical (unpaired) electrons. The summed E-state index contributed by atoms with van der Waals surface area (Å²) in [6, 6.07) is 10.7. The summed E-state index contributed by atoms with van der Waals surface area (Å²) in [5.74, 6) is -0.359. The fourth-order valence-electron chi connectivity index (χ4n) is 4.65. The largest absolute Gasteiger partial charge is 0.496 e. The molecule has 3 atom stereocenters. The summed E-state index contributed by atoms with van der Waals surface area (Å²) >= 11 is 0. The third-order valence-electron chi connectivity index (χ3n) is 6.27. The molecular weight excluding hydrogens is 424 g/mol. The molecule has 33 heavy (non-hydrogen) atoms. The van der Waals surface area contributed by atoms with Crippen LogP contribution in [0, 0.1) is 11.8 Å². The number of esters is 1. The van der Waals surface area contributed by atoms with Crippen molar-refractivity contribution in [1.82, 2.24) is 0 Å². The third kappa shape index (κ3) is 3.86. The van der Waals surface area contributed by atoms with Crippen LogP contribution in [0.25, 0.3) is 0 Å². The number of ether oxygens (including phenoxy) is 4. The van der Waals surface area contributed by atoms with Crippen LogP contribution >= 0.6 is 0 Å². The van der Waals surface area contributed by atoms with E-state index in [2.05, 4.69) is 10.6 Å². The van der Waals surface area contributed by atoms with Crippen LogP contribution in [0.2, 0.25) is 0 Å². The second-order valence-electron chi connectivity index (χ2n) is 8.14. The van der Waals surface area contributed by atoms with Gasteiger partial charge in [-0.1, -0.05) is 19.1 Å². The van der Waals surface area contributed by atoms with Gasteiger partial charge < -0.3 is 29.6 Å². The Bertz CT molecular complexity index is 1130. The minimum absolute atomic E-state index is 0.214. The minimum atomic E-state index is -0.882. The smallest absolute Gasteiger partial charge is 0.316 e. The first-order valence-electron chi connectivity index (χ1n) is 10.7. The van der Waals surface area contributed by atoms with Crippen molar-refractivity contribution in [2.75, 3.05) is 39.1 Å². The van der Waals surface area contributed by atoms with Crippen molar-refractivity contribution in [2.45, 2.75) is 19.4 Å². The Morgan fingerprint density at radius 2 is 1.58 bits per heavy atom. The molecule has 4 rings (SSSR count). The number of rotatable bonds is 5. The zero-order chi connectivity index (χ0) is 23.7. The van der Waals surface area contributed by atoms with Crippen LogP contribution in [-0.2, 0) is 14.3 Å². The molecule has 0 fully saturated rings. The summed E-state index contributed by atoms with van der Waals surface area (Å²) in [7, 11) is 5.97. The highest BCUT2D eigenvalue weighted by atomic mass is 16.5. The van der Waals surface area contributed by atoms with E-state index in [4.69, 9.17) is 18.9 Å². The molecule has 8 heteroatoms. The predicted molar refractivity (Wildman–Crippen MR) is 124 cm³/mol. The zero-order valence-corrected chi connectivity index (χ0v) is 19.4. The number of nitrogens with one attached hydrogen (secondary N) is 2. The molecule has 1 heterocycles. The Morgan fingerprint density at radius 1 is 0.939 bits per heavy atom. The van der Waals surface area contributed by atoms with Gasteiger partial charge in [-0.2, -0.15) is 0 Å². The van der Waals surface area contributed by atoms with Crippen molar-refractivity contribution < 1.29 is 28.5 Å². The molecule has 174 valence electrons. The van der Waals surface area contributed by atoms with Crippen LogP contribution in [0.1, 0.15) is 24.9 Å². The van der Waals surface area contributed by atoms with Crippen LogP contribution in [0.5, 0.6) is 17.2 Å². The van der Waals surface area contributed by atoms with Crippen molar-refractivity contribution in [2.24, 2.45) is 11.8 Å². The van der Waals surface area contributed by atoms with E-state index >= 15 is 0 Å². The van der Waals surface area contributed by atoms with E-state index in [9.17, 15) is 9.59 Å². The van der Waals surface area contributed by atoms with Crippen molar-refractivity contribution in [3.8, 4) is 17.2 Å². The molecule has 1 aliphatic carbocycles. The number of hydrogen-bond donors (Lipinski definition) is 2. The van der Waals surface area contributed by atoms with Gasteiger partial charge in [0.2, 0.25) is 0 Å². The van der Waals surface area contributed by atoms with Gasteiger partial charge in [0.15, 0.2) is 17.3 Å². The molecule has 0 amide bonds. The second kappa shape index (κ2) is 9.05. The number of fused-ring (bicyclic) bond motifs is 1. The van der Waals surface area contributed by atoms with Gasteiger partial charge in [-0.25, -0.2) is 0 Å². The van der Waals surface area contributed by atoms with Crippen LogP contribution < -0.4 is 24.8 Å². The van der Waals surface area contributed by atoms with Gasteiger partial charge in [0.1, 0.15) is 11.7 Å². The summed E-state index contributed by atoms with van der Waals surface area (Å²) in [5, 5.41) is 6.93. The fraction of sp³-hybridized carbons (Fsp3) is 0.360. The molecule has 0 saturated heterocycles. The maximum Gasteiger partial charge on any atom is 0.316 e. The molecular formula is C25H28N2O6. The number of allylic oxidation sites excluding steroid dienone is 1. The van der Waals surface area contributed by atoms with Crippen molar-refractivity contribution in [3.05, 3.63) is 53.2 Å². The lowest BCUT2D eigenvalue weighted by molar-refractivity contribution is -0.151. The maximum absolute atomic E-state index is 13.8. The quantitative estimate of drug-likeness (QED) is 0.520. The average molecular weight is 453 g/mol. The molecule has 1 aliphatic heterocycles. The molecule has 2 N–H and O–H groups in total. The Hall–Kier alpha value is -3.68. The first kappa shape index (κ1) is 22.5. The van der Waals surface area contributed by atoms with Gasteiger partial charge >= 0.3 is 5.97 Å². The lowest BCUT2D eigenvalue weighted by atomic mass is 9.74. The average Bonchev–Trinajstić information content (AvgIpc) is 2.99. The molecule has 0 unspecified atom stereocenters. The number of methoxy groups -OCH3 is 4. The Labute approximate surface area is 192 Å². The van der Waals surface area contributed by atoms with Gasteiger partial charge in [-0.05, 0) is 30.5 Å². The Kier molecular flexibility index (Phi) is 6.18. The predicted octanol–water partition coefficient (Wildman–Crippen LogP) is 3.94. The van der Waals surface area contributed by atoms with E-state index in [0.717, 1.165) is 17.1 Å². The highest BCUT2D eigenvalue weighted by Gasteiger charge is 2.45. The van der Waals surface area contributed by atoms with Gasteiger partial charge in [-0.15, -0.1) is 0 Å². The number of hydrogen-bond acceptors (Lipinski definition) is 8. The number of Topliss-reactive ketones (excluding diaryl/α,β-unsaturated/α-hetero) is 1. The number of carbonyl (C=O) groups excluding carboxylic acids is 2. The summed E-state index contributed by atoms with van der Waals surface area (Å²) < 4.78 is 21.6. The molecule has 0 aromatic heterocycles. The first-order valence-corrected chi connectivity index (χ1v) is 10.7. The Morgan fingerprint density at radius 3 is 2.21 bits per heavy atom. The van der Waals surface area contributed by atoms with Crippen LogP contribution in [-0.4, -0.2) is 40.2 Å². The number of benzene rings is 2. The topological polar surface area (TPSA) is 95.1 Å². The molecule has 2 aromatic rings. The van der Waals surface area contributed by atoms with E-state index in [-0.39, 0.29) is 11.7 Å². The van der Waals surface area contributed by atoms with Crippen molar-refractivity contribution >= 4 is 23.1 Å². The van der Waals surface area contributed by atoms with Gasteiger partial charge in [0, 0.05) is 22.9 Å². The first-order chi connectivity index (χ1) is 15.9. The highest BCUT2D eigenvalue weighted by Crippen LogP contribution is 2.47. The lowest BCUT2D eigenvalue weighted by Crippen LogP contribution is -2.39.